The number of carboxylic acid groups (broad SMARTS) is 1. The molecule has 4 atom stereocenters. The van der Waals surface area contributed by atoms with E-state index in [1.807, 2.05) is 42.7 Å². The van der Waals surface area contributed by atoms with Gasteiger partial charge in [0, 0.05) is 41.3 Å². The van der Waals surface area contributed by atoms with E-state index in [0.717, 1.165) is 40.9 Å². The van der Waals surface area contributed by atoms with Crippen LogP contribution in [0.5, 0.6) is 11.5 Å². The van der Waals surface area contributed by atoms with Crippen LogP contribution in [0.3, 0.4) is 0 Å². The summed E-state index contributed by atoms with van der Waals surface area (Å²) >= 11 is 1.51. The molecule has 1 saturated heterocycles. The second-order valence-electron chi connectivity index (χ2n) is 13.8. The Hall–Kier alpha value is -4.03. The molecule has 3 aromatic rings. The van der Waals surface area contributed by atoms with Crippen molar-refractivity contribution in [2.45, 2.75) is 95.9 Å². The van der Waals surface area contributed by atoms with Crippen LogP contribution < -0.4 is 14.8 Å². The Balaban J connectivity index is 1.36. The summed E-state index contributed by atoms with van der Waals surface area (Å²) in [5.41, 5.74) is 0.599. The summed E-state index contributed by atoms with van der Waals surface area (Å²) < 4.78 is 18.4. The minimum atomic E-state index is -1.39. The number of aromatic nitrogens is 2. The van der Waals surface area contributed by atoms with E-state index < -0.39 is 35.2 Å². The average Bonchev–Trinajstić information content (AvgIpc) is 3.36. The number of rotatable bonds is 6. The molecule has 0 bridgehead atoms. The highest BCUT2D eigenvalue weighted by molar-refractivity contribution is 7.13. The van der Waals surface area contributed by atoms with Crippen molar-refractivity contribution in [2.75, 3.05) is 20.3 Å². The predicted octanol–water partition coefficient (Wildman–Crippen LogP) is 5.64. The first-order valence-electron chi connectivity index (χ1n) is 16.6. The molecule has 1 saturated carbocycles. The van der Waals surface area contributed by atoms with Crippen molar-refractivity contribution in [2.24, 2.45) is 5.92 Å². The number of methoxy groups -OCH3 is 1. The summed E-state index contributed by atoms with van der Waals surface area (Å²) in [5.74, 6) is -0.739. The van der Waals surface area contributed by atoms with Crippen molar-refractivity contribution in [3.05, 3.63) is 47.0 Å². The minimum absolute atomic E-state index is 0.121. The number of carbonyl (C=O) groups is 3. The summed E-state index contributed by atoms with van der Waals surface area (Å²) in [6, 6.07) is 4.68. The predicted molar refractivity (Wildman–Crippen MR) is 182 cm³/mol. The molecular weight excluding hydrogens is 632 g/mol. The number of hydrogen-bond donors (Lipinski definition) is 2. The Morgan fingerprint density at radius 3 is 2.69 bits per heavy atom. The van der Waals surface area contributed by atoms with Gasteiger partial charge in [-0.1, -0.05) is 26.0 Å². The largest absolute Gasteiger partial charge is 0.496 e. The SMILES string of the molecule is COc1ccc2c(O[C@@H]3C[C@H]4C(=O)N[C@]5(C(=O)O)C[C@H]5/C=C\CCCCOC(C)(C)C(=O)N4C3)cc(-c3nc(C(C)C)cs3)nc2c1C. The zero-order valence-electron chi connectivity index (χ0n) is 28.4. The molecule has 48 heavy (non-hydrogen) atoms. The number of carboxylic acids is 1. The maximum absolute atomic E-state index is 14.1. The number of pyridine rings is 1. The third kappa shape index (κ3) is 6.39. The fourth-order valence-electron chi connectivity index (χ4n) is 6.64. The number of hydrogen-bond acceptors (Lipinski definition) is 9. The molecule has 2 fully saturated rings. The highest BCUT2D eigenvalue weighted by atomic mass is 32.1. The zero-order valence-corrected chi connectivity index (χ0v) is 29.2. The van der Waals surface area contributed by atoms with Gasteiger partial charge in [0.15, 0.2) is 0 Å². The standard InChI is InChI=1S/C36H44N4O7S/c1-20(2)26-19-48-32(38-26)25-16-29(24-12-13-28(45-6)21(3)30(24)37-25)47-23-15-27-31(41)39-36(34(43)44)17-22(36)11-9-7-8-10-14-46-35(4,5)33(42)40(27)18-23/h9,11-13,16,19-20,22-23,27H,7-8,10,14-15,17-18H2,1-6H3,(H,39,41)(H,43,44)/b11-9-/t22-,23-,27+,36-/m1/s1. The fraction of sp³-hybridized carbons (Fsp3) is 0.528. The van der Waals surface area contributed by atoms with Gasteiger partial charge in [0.1, 0.15) is 45.5 Å². The summed E-state index contributed by atoms with van der Waals surface area (Å²) in [6.45, 7) is 10.1. The van der Waals surface area contributed by atoms with Gasteiger partial charge in [-0.2, -0.15) is 0 Å². The van der Waals surface area contributed by atoms with Crippen LogP contribution in [-0.2, 0) is 19.1 Å². The molecule has 0 radical (unpaired) electrons. The Morgan fingerprint density at radius 2 is 1.98 bits per heavy atom. The Labute approximate surface area is 284 Å². The maximum atomic E-state index is 14.1. The molecule has 1 aromatic carbocycles. The summed E-state index contributed by atoms with van der Waals surface area (Å²) in [7, 11) is 1.62. The third-order valence-electron chi connectivity index (χ3n) is 9.67. The van der Waals surface area contributed by atoms with Gasteiger partial charge in [0.05, 0.1) is 24.9 Å². The quantitative estimate of drug-likeness (QED) is 0.318. The molecule has 6 rings (SSSR count). The van der Waals surface area contributed by atoms with E-state index in [2.05, 4.69) is 19.2 Å². The lowest BCUT2D eigenvalue weighted by molar-refractivity contribution is -0.158. The lowest BCUT2D eigenvalue weighted by atomic mass is 10.1. The van der Waals surface area contributed by atoms with Crippen LogP contribution >= 0.6 is 11.3 Å². The molecule has 2 aliphatic heterocycles. The first-order valence-corrected chi connectivity index (χ1v) is 17.5. The lowest BCUT2D eigenvalue weighted by Gasteiger charge is -2.33. The van der Waals surface area contributed by atoms with Crippen LogP contribution in [-0.4, -0.2) is 81.3 Å². The normalized spacial score (nSPS) is 26.6. The fourth-order valence-corrected chi connectivity index (χ4v) is 7.58. The van der Waals surface area contributed by atoms with Crippen molar-refractivity contribution < 1.29 is 33.7 Å². The average molecular weight is 677 g/mol. The second-order valence-corrected chi connectivity index (χ2v) is 14.7. The number of ether oxygens (including phenoxy) is 3. The Bertz CT molecular complexity index is 1770. The minimum Gasteiger partial charge on any atom is -0.496 e. The molecule has 0 unspecified atom stereocenters. The lowest BCUT2D eigenvalue weighted by Crippen LogP contribution is -2.56. The zero-order chi connectivity index (χ0) is 34.4. The van der Waals surface area contributed by atoms with Gasteiger partial charge in [-0.15, -0.1) is 11.3 Å². The number of allylic oxidation sites excluding steroid dienone is 1. The molecule has 2 aromatic heterocycles. The molecule has 0 spiro atoms. The van der Waals surface area contributed by atoms with Crippen molar-refractivity contribution in [3.63, 3.8) is 0 Å². The van der Waals surface area contributed by atoms with Gasteiger partial charge < -0.3 is 29.5 Å². The highest BCUT2D eigenvalue weighted by Crippen LogP contribution is 2.46. The number of aryl methyl sites for hydroxylation is 1. The van der Waals surface area contributed by atoms with Gasteiger partial charge in [-0.05, 0) is 64.5 Å². The maximum Gasteiger partial charge on any atom is 0.330 e. The van der Waals surface area contributed by atoms with E-state index in [1.54, 1.807) is 21.0 Å². The summed E-state index contributed by atoms with van der Waals surface area (Å²) in [6.07, 6.45) is 6.14. The number of amides is 2. The van der Waals surface area contributed by atoms with Gasteiger partial charge >= 0.3 is 5.97 Å². The van der Waals surface area contributed by atoms with Crippen molar-refractivity contribution >= 4 is 40.0 Å². The Morgan fingerprint density at radius 1 is 1.19 bits per heavy atom. The number of nitrogens with zero attached hydrogens (tertiary/aromatic N) is 3. The monoisotopic (exact) mass is 676 g/mol. The van der Waals surface area contributed by atoms with Crippen LogP contribution in [0.25, 0.3) is 21.6 Å². The third-order valence-corrected chi connectivity index (χ3v) is 10.6. The molecule has 11 nitrogen and oxygen atoms in total. The number of thiazole rings is 1. The number of fused-ring (bicyclic) bond motifs is 3. The van der Waals surface area contributed by atoms with Crippen molar-refractivity contribution in [3.8, 4) is 22.2 Å². The number of aliphatic carboxylic acids is 1. The van der Waals surface area contributed by atoms with E-state index in [0.29, 0.717) is 35.7 Å². The second kappa shape index (κ2) is 13.1. The summed E-state index contributed by atoms with van der Waals surface area (Å²) in [4.78, 5) is 51.7. The highest BCUT2D eigenvalue weighted by Gasteiger charge is 2.61. The van der Waals surface area contributed by atoms with Crippen LogP contribution in [0.2, 0.25) is 0 Å². The van der Waals surface area contributed by atoms with E-state index in [1.165, 1.54) is 16.2 Å². The topological polar surface area (TPSA) is 140 Å². The van der Waals surface area contributed by atoms with E-state index in [4.69, 9.17) is 24.2 Å². The molecule has 4 heterocycles. The smallest absolute Gasteiger partial charge is 0.330 e. The van der Waals surface area contributed by atoms with E-state index >= 15 is 0 Å². The van der Waals surface area contributed by atoms with Crippen LogP contribution in [0, 0.1) is 12.8 Å². The summed E-state index contributed by atoms with van der Waals surface area (Å²) in [5, 5.41) is 16.5. The van der Waals surface area contributed by atoms with Gasteiger partial charge in [0.2, 0.25) is 5.91 Å². The van der Waals surface area contributed by atoms with Gasteiger partial charge in [-0.3, -0.25) is 9.59 Å². The molecule has 3 aliphatic rings. The molecule has 256 valence electrons. The van der Waals surface area contributed by atoms with Gasteiger partial charge in [-0.25, -0.2) is 14.8 Å². The van der Waals surface area contributed by atoms with Gasteiger partial charge in [0.25, 0.3) is 5.91 Å². The van der Waals surface area contributed by atoms with Crippen LogP contribution in [0.4, 0.5) is 0 Å². The van der Waals surface area contributed by atoms with Crippen LogP contribution in [0.1, 0.15) is 77.0 Å². The van der Waals surface area contributed by atoms with Crippen molar-refractivity contribution in [1.82, 2.24) is 20.2 Å². The first kappa shape index (κ1) is 33.9. The Kier molecular flexibility index (Phi) is 9.25. The number of benzene rings is 1. The van der Waals surface area contributed by atoms with Crippen molar-refractivity contribution in [1.29, 1.82) is 0 Å². The molecule has 2 amide bonds. The first-order chi connectivity index (χ1) is 22.8. The number of carbonyl (C=O) groups excluding carboxylic acids is 2. The molecule has 2 N–H and O–H groups in total. The van der Waals surface area contributed by atoms with Crippen LogP contribution in [0.15, 0.2) is 35.7 Å². The van der Waals surface area contributed by atoms with E-state index in [9.17, 15) is 19.5 Å². The van der Waals surface area contributed by atoms with E-state index in [-0.39, 0.29) is 30.7 Å². The molecular formula is C36H44N4O7S. The molecule has 1 aliphatic carbocycles. The number of nitrogens with one attached hydrogen (secondary N) is 1. The molecule has 12 heteroatoms.